The van der Waals surface area contributed by atoms with E-state index >= 15 is 0 Å². The molecule has 1 aromatic carbocycles. The predicted octanol–water partition coefficient (Wildman–Crippen LogP) is 2.98. The third-order valence-corrected chi connectivity index (χ3v) is 4.37. The first-order valence-corrected chi connectivity index (χ1v) is 7.83. The Bertz CT molecular complexity index is 620. The third-order valence-electron chi connectivity index (χ3n) is 2.16. The van der Waals surface area contributed by atoms with Gasteiger partial charge in [0, 0.05) is 16.2 Å². The van der Waals surface area contributed by atoms with E-state index in [9.17, 15) is 8.42 Å². The summed E-state index contributed by atoms with van der Waals surface area (Å²) in [5, 5.41) is 11.9. The average molecular weight is 343 g/mol. The summed E-state index contributed by atoms with van der Waals surface area (Å²) < 4.78 is 25.3. The lowest BCUT2D eigenvalue weighted by atomic mass is 10.1. The van der Waals surface area contributed by atoms with Crippen LogP contribution in [0.2, 0.25) is 0 Å². The zero-order valence-electron chi connectivity index (χ0n) is 10.9. The van der Waals surface area contributed by atoms with E-state index in [1.807, 2.05) is 20.8 Å². The SMILES string of the molecule is CC(C)(C)N/C=C(\C#N)S(=O)(=O)c1ccc(Br)cc1. The van der Waals surface area contributed by atoms with E-state index in [-0.39, 0.29) is 15.3 Å². The molecule has 19 heavy (non-hydrogen) atoms. The van der Waals surface area contributed by atoms with Gasteiger partial charge in [-0.15, -0.1) is 0 Å². The second kappa shape index (κ2) is 5.76. The highest BCUT2D eigenvalue weighted by atomic mass is 79.9. The maximum absolute atomic E-state index is 12.2. The number of rotatable bonds is 3. The summed E-state index contributed by atoms with van der Waals surface area (Å²) in [6.07, 6.45) is 1.25. The molecule has 1 rings (SSSR count). The van der Waals surface area contributed by atoms with Crippen LogP contribution in [0.15, 0.2) is 44.7 Å². The van der Waals surface area contributed by atoms with Crippen molar-refractivity contribution in [1.82, 2.24) is 5.32 Å². The molecule has 0 aliphatic carbocycles. The van der Waals surface area contributed by atoms with E-state index in [1.54, 1.807) is 18.2 Å². The Balaban J connectivity index is 3.17. The lowest BCUT2D eigenvalue weighted by molar-refractivity contribution is 0.490. The molecule has 0 spiro atoms. The first kappa shape index (κ1) is 15.7. The molecular formula is C13H15BrN2O2S. The Morgan fingerprint density at radius 1 is 1.32 bits per heavy atom. The van der Waals surface area contributed by atoms with Gasteiger partial charge in [0.1, 0.15) is 6.07 Å². The molecule has 0 heterocycles. The number of benzene rings is 1. The van der Waals surface area contributed by atoms with Crippen molar-refractivity contribution < 1.29 is 8.42 Å². The predicted molar refractivity (Wildman–Crippen MR) is 77.9 cm³/mol. The van der Waals surface area contributed by atoms with Gasteiger partial charge in [-0.25, -0.2) is 8.42 Å². The highest BCUT2D eigenvalue weighted by Crippen LogP contribution is 2.21. The van der Waals surface area contributed by atoms with E-state index in [0.29, 0.717) is 0 Å². The van der Waals surface area contributed by atoms with Crippen molar-refractivity contribution in [2.75, 3.05) is 0 Å². The van der Waals surface area contributed by atoms with Crippen molar-refractivity contribution >= 4 is 25.8 Å². The molecule has 0 atom stereocenters. The Morgan fingerprint density at radius 2 is 1.84 bits per heavy atom. The van der Waals surface area contributed by atoms with E-state index in [4.69, 9.17) is 5.26 Å². The summed E-state index contributed by atoms with van der Waals surface area (Å²) in [4.78, 5) is -0.205. The van der Waals surface area contributed by atoms with Crippen LogP contribution in [-0.2, 0) is 9.84 Å². The normalized spacial score (nSPS) is 12.9. The van der Waals surface area contributed by atoms with Crippen molar-refractivity contribution in [2.45, 2.75) is 31.2 Å². The average Bonchev–Trinajstić information content (AvgIpc) is 2.28. The Morgan fingerprint density at radius 3 is 2.26 bits per heavy atom. The Labute approximate surface area is 122 Å². The van der Waals surface area contributed by atoms with Gasteiger partial charge in [-0.1, -0.05) is 15.9 Å². The number of sulfone groups is 1. The highest BCUT2D eigenvalue weighted by molar-refractivity contribution is 9.10. The summed E-state index contributed by atoms with van der Waals surface area (Å²) in [7, 11) is -3.77. The lowest BCUT2D eigenvalue weighted by Gasteiger charge is -2.18. The quantitative estimate of drug-likeness (QED) is 0.857. The van der Waals surface area contributed by atoms with Crippen molar-refractivity contribution in [3.05, 3.63) is 39.8 Å². The molecule has 6 heteroatoms. The fourth-order valence-corrected chi connectivity index (χ4v) is 2.54. The molecule has 0 aliphatic rings. The van der Waals surface area contributed by atoms with Crippen LogP contribution in [0, 0.1) is 11.3 Å². The van der Waals surface area contributed by atoms with E-state index in [2.05, 4.69) is 21.2 Å². The van der Waals surface area contributed by atoms with Crippen LogP contribution in [-0.4, -0.2) is 14.0 Å². The monoisotopic (exact) mass is 342 g/mol. The van der Waals surface area contributed by atoms with Gasteiger partial charge < -0.3 is 5.32 Å². The topological polar surface area (TPSA) is 70.0 Å². The Kier molecular flexibility index (Phi) is 4.77. The molecule has 0 unspecified atom stereocenters. The number of hydrogen-bond acceptors (Lipinski definition) is 4. The number of nitriles is 1. The van der Waals surface area contributed by atoms with Gasteiger partial charge in [0.15, 0.2) is 4.91 Å². The smallest absolute Gasteiger partial charge is 0.218 e. The van der Waals surface area contributed by atoms with Gasteiger partial charge in [-0.05, 0) is 45.0 Å². The van der Waals surface area contributed by atoms with Crippen molar-refractivity contribution in [2.24, 2.45) is 0 Å². The van der Waals surface area contributed by atoms with E-state index in [1.165, 1.54) is 18.3 Å². The Hall–Kier alpha value is -1.32. The summed E-state index contributed by atoms with van der Waals surface area (Å²) in [5.74, 6) is 0. The molecule has 0 amide bonds. The van der Waals surface area contributed by atoms with Gasteiger partial charge in [-0.3, -0.25) is 0 Å². The highest BCUT2D eigenvalue weighted by Gasteiger charge is 2.21. The second-order valence-electron chi connectivity index (χ2n) is 4.97. The number of nitrogens with zero attached hydrogens (tertiary/aromatic N) is 1. The summed E-state index contributed by atoms with van der Waals surface area (Å²) in [6, 6.07) is 7.90. The van der Waals surface area contributed by atoms with Crippen LogP contribution in [0.25, 0.3) is 0 Å². The molecule has 0 radical (unpaired) electrons. The van der Waals surface area contributed by atoms with E-state index < -0.39 is 9.84 Å². The number of hydrogen-bond donors (Lipinski definition) is 1. The standard InChI is InChI=1S/C13H15BrN2O2S/c1-13(2,3)16-9-12(8-15)19(17,18)11-6-4-10(14)5-7-11/h4-7,9,16H,1-3H3/b12-9+. The zero-order valence-corrected chi connectivity index (χ0v) is 13.3. The maximum atomic E-state index is 12.2. The van der Waals surface area contributed by atoms with Gasteiger partial charge in [0.05, 0.1) is 4.90 Å². The molecule has 0 aliphatic heterocycles. The zero-order chi connectivity index (χ0) is 14.7. The van der Waals surface area contributed by atoms with Gasteiger partial charge in [0.2, 0.25) is 9.84 Å². The van der Waals surface area contributed by atoms with Gasteiger partial charge in [0.25, 0.3) is 0 Å². The molecule has 0 saturated carbocycles. The number of halogens is 1. The summed E-state index contributed by atoms with van der Waals surface area (Å²) in [6.45, 7) is 5.64. The van der Waals surface area contributed by atoms with Crippen LogP contribution < -0.4 is 5.32 Å². The van der Waals surface area contributed by atoms with E-state index in [0.717, 1.165) is 4.47 Å². The minimum absolute atomic E-state index is 0.0965. The van der Waals surface area contributed by atoms with Crippen molar-refractivity contribution in [1.29, 1.82) is 5.26 Å². The minimum atomic E-state index is -3.77. The molecule has 1 aromatic rings. The first-order chi connectivity index (χ1) is 8.66. The van der Waals surface area contributed by atoms with Crippen LogP contribution in [0.1, 0.15) is 20.8 Å². The molecule has 0 bridgehead atoms. The van der Waals surface area contributed by atoms with Crippen LogP contribution in [0.4, 0.5) is 0 Å². The molecule has 0 saturated heterocycles. The van der Waals surface area contributed by atoms with Gasteiger partial charge >= 0.3 is 0 Å². The van der Waals surface area contributed by atoms with Crippen LogP contribution in [0.5, 0.6) is 0 Å². The summed E-state index contributed by atoms with van der Waals surface area (Å²) in [5.41, 5.74) is -0.308. The van der Waals surface area contributed by atoms with Crippen LogP contribution >= 0.6 is 15.9 Å². The number of nitrogens with one attached hydrogen (secondary N) is 1. The molecule has 102 valence electrons. The summed E-state index contributed by atoms with van der Waals surface area (Å²) >= 11 is 3.24. The molecular weight excluding hydrogens is 328 g/mol. The molecule has 1 N–H and O–H groups in total. The fraction of sp³-hybridized carbons (Fsp3) is 0.308. The number of allylic oxidation sites excluding steroid dienone is 1. The maximum Gasteiger partial charge on any atom is 0.218 e. The molecule has 4 nitrogen and oxygen atoms in total. The largest absolute Gasteiger partial charge is 0.385 e. The lowest BCUT2D eigenvalue weighted by Crippen LogP contribution is -2.31. The minimum Gasteiger partial charge on any atom is -0.385 e. The van der Waals surface area contributed by atoms with Gasteiger partial charge in [-0.2, -0.15) is 5.26 Å². The van der Waals surface area contributed by atoms with Crippen LogP contribution in [0.3, 0.4) is 0 Å². The first-order valence-electron chi connectivity index (χ1n) is 5.55. The van der Waals surface area contributed by atoms with Crippen molar-refractivity contribution in [3.63, 3.8) is 0 Å². The third kappa shape index (κ3) is 4.37. The molecule has 0 fully saturated rings. The second-order valence-corrected chi connectivity index (χ2v) is 7.81. The fourth-order valence-electron chi connectivity index (χ4n) is 1.19. The molecule has 0 aromatic heterocycles. The van der Waals surface area contributed by atoms with Crippen molar-refractivity contribution in [3.8, 4) is 6.07 Å².